The Balaban J connectivity index is 2.11. The molecule has 1 aromatic carbocycles. The van der Waals surface area contributed by atoms with Gasteiger partial charge in [0.25, 0.3) is 5.56 Å². The lowest BCUT2D eigenvalue weighted by atomic mass is 10.1. The largest absolute Gasteiger partial charge is 0.544 e. The molecule has 0 saturated carbocycles. The molecule has 0 fully saturated rings. The molecule has 1 aliphatic rings. The topological polar surface area (TPSA) is 90.4 Å². The molecule has 0 amide bonds. The number of nitrogens with zero attached hydrogens (tertiary/aromatic N) is 1. The summed E-state index contributed by atoms with van der Waals surface area (Å²) in [6, 6.07) is 4.79. The van der Waals surface area contributed by atoms with Crippen LogP contribution in [-0.4, -0.2) is 23.8 Å². The van der Waals surface area contributed by atoms with Crippen molar-refractivity contribution in [3.63, 3.8) is 0 Å². The minimum absolute atomic E-state index is 0.265. The van der Waals surface area contributed by atoms with E-state index in [-0.39, 0.29) is 5.56 Å². The van der Waals surface area contributed by atoms with Crippen molar-refractivity contribution in [2.24, 2.45) is 0 Å². The molecule has 126 valence electrons. The number of carbonyl (C=O) groups excluding carboxylic acids is 1. The zero-order valence-corrected chi connectivity index (χ0v) is 14.3. The number of esters is 1. The van der Waals surface area contributed by atoms with Gasteiger partial charge in [0.1, 0.15) is 5.75 Å². The standard InChI is InChI=1S/C15H15FN2O5Si/c1-24(2,3)23-8-4-5-9-10(6-8)13(22-14(9)20)18-7-11(16)12(19)17-15(18)21/h4-7,13H,1-3H3,(H,17,19,21). The van der Waals surface area contributed by atoms with Crippen LogP contribution in [0.25, 0.3) is 0 Å². The molecule has 1 aromatic heterocycles. The Kier molecular flexibility index (Phi) is 3.67. The summed E-state index contributed by atoms with van der Waals surface area (Å²) in [7, 11) is -1.88. The maximum Gasteiger partial charge on any atom is 0.340 e. The lowest BCUT2D eigenvalue weighted by molar-refractivity contribution is 0.0306. The Hall–Kier alpha value is -2.68. The zero-order chi connectivity index (χ0) is 17.6. The van der Waals surface area contributed by atoms with Crippen LogP contribution in [0.1, 0.15) is 22.1 Å². The lowest BCUT2D eigenvalue weighted by Crippen LogP contribution is -2.34. The molecule has 0 aliphatic carbocycles. The number of aromatic amines is 1. The average molecular weight is 350 g/mol. The fraction of sp³-hybridized carbons (Fsp3) is 0.267. The number of carbonyl (C=O) groups is 1. The molecular weight excluding hydrogens is 335 g/mol. The van der Waals surface area contributed by atoms with Crippen LogP contribution >= 0.6 is 0 Å². The van der Waals surface area contributed by atoms with Gasteiger partial charge in [-0.2, -0.15) is 4.39 Å². The van der Waals surface area contributed by atoms with Crippen molar-refractivity contribution in [1.82, 2.24) is 9.55 Å². The van der Waals surface area contributed by atoms with E-state index >= 15 is 0 Å². The molecule has 1 unspecified atom stereocenters. The third-order valence-corrected chi connectivity index (χ3v) is 4.18. The van der Waals surface area contributed by atoms with Crippen molar-refractivity contribution in [2.45, 2.75) is 25.9 Å². The number of nitrogens with one attached hydrogen (secondary N) is 1. The van der Waals surface area contributed by atoms with Crippen molar-refractivity contribution >= 4 is 14.3 Å². The van der Waals surface area contributed by atoms with Gasteiger partial charge in [0, 0.05) is 5.56 Å². The summed E-state index contributed by atoms with van der Waals surface area (Å²) < 4.78 is 25.4. The quantitative estimate of drug-likeness (QED) is 0.671. The normalized spacial score (nSPS) is 16.7. The minimum atomic E-state index is -1.88. The van der Waals surface area contributed by atoms with Gasteiger partial charge in [0.15, 0.2) is 0 Å². The van der Waals surface area contributed by atoms with Gasteiger partial charge in [-0.25, -0.2) is 9.59 Å². The van der Waals surface area contributed by atoms with Gasteiger partial charge in [0.2, 0.25) is 20.4 Å². The average Bonchev–Trinajstić information content (AvgIpc) is 2.78. The molecule has 2 aromatic rings. The first-order chi connectivity index (χ1) is 11.2. The molecule has 9 heteroatoms. The van der Waals surface area contributed by atoms with Gasteiger partial charge in [-0.15, -0.1) is 0 Å². The van der Waals surface area contributed by atoms with Crippen LogP contribution in [0.3, 0.4) is 0 Å². The van der Waals surface area contributed by atoms with Gasteiger partial charge in [-0.3, -0.25) is 14.3 Å². The lowest BCUT2D eigenvalue weighted by Gasteiger charge is -2.20. The second-order valence-corrected chi connectivity index (χ2v) is 10.8. The number of aromatic nitrogens is 2. The summed E-state index contributed by atoms with van der Waals surface area (Å²) in [6.07, 6.45) is -0.434. The first-order valence-corrected chi connectivity index (χ1v) is 10.6. The van der Waals surface area contributed by atoms with Crippen molar-refractivity contribution in [3.05, 3.63) is 62.2 Å². The first-order valence-electron chi connectivity index (χ1n) is 7.20. The smallest absolute Gasteiger partial charge is 0.340 e. The predicted octanol–water partition coefficient (Wildman–Crippen LogP) is 1.61. The van der Waals surface area contributed by atoms with Crippen LogP contribution in [0, 0.1) is 5.82 Å². The molecule has 1 N–H and O–H groups in total. The molecule has 0 bridgehead atoms. The van der Waals surface area contributed by atoms with Gasteiger partial charge < -0.3 is 9.16 Å². The van der Waals surface area contributed by atoms with E-state index in [2.05, 4.69) is 0 Å². The monoisotopic (exact) mass is 350 g/mol. The molecule has 24 heavy (non-hydrogen) atoms. The number of H-pyrrole nitrogens is 1. The minimum Gasteiger partial charge on any atom is -0.544 e. The maximum absolute atomic E-state index is 13.5. The number of cyclic esters (lactones) is 1. The van der Waals surface area contributed by atoms with Crippen LogP contribution < -0.4 is 15.7 Å². The second-order valence-electron chi connectivity index (χ2n) is 6.36. The van der Waals surface area contributed by atoms with Crippen LogP contribution in [0.5, 0.6) is 5.75 Å². The Bertz CT molecular complexity index is 944. The van der Waals surface area contributed by atoms with Gasteiger partial charge in [-0.1, -0.05) is 0 Å². The number of ether oxygens (including phenoxy) is 1. The number of hydrogen-bond acceptors (Lipinski definition) is 5. The van der Waals surface area contributed by atoms with E-state index in [4.69, 9.17) is 9.16 Å². The molecule has 2 heterocycles. The maximum atomic E-state index is 13.5. The van der Waals surface area contributed by atoms with E-state index in [1.54, 1.807) is 18.2 Å². The summed E-state index contributed by atoms with van der Waals surface area (Å²) in [5.74, 6) is -1.24. The summed E-state index contributed by atoms with van der Waals surface area (Å²) in [5.41, 5.74) is -1.36. The van der Waals surface area contributed by atoms with Crippen molar-refractivity contribution in [3.8, 4) is 5.75 Å². The van der Waals surface area contributed by atoms with Crippen LogP contribution in [0.2, 0.25) is 19.6 Å². The fourth-order valence-corrected chi connectivity index (χ4v) is 3.25. The third kappa shape index (κ3) is 2.89. The Morgan fingerprint density at radius 1 is 1.25 bits per heavy atom. The highest BCUT2D eigenvalue weighted by atomic mass is 28.4. The third-order valence-electron chi connectivity index (χ3n) is 3.33. The molecule has 3 rings (SSSR count). The molecule has 1 atom stereocenters. The Morgan fingerprint density at radius 3 is 2.62 bits per heavy atom. The van der Waals surface area contributed by atoms with Gasteiger partial charge >= 0.3 is 11.7 Å². The summed E-state index contributed by atoms with van der Waals surface area (Å²) in [4.78, 5) is 36.9. The fourth-order valence-electron chi connectivity index (χ4n) is 2.42. The molecule has 0 spiro atoms. The molecule has 7 nitrogen and oxygen atoms in total. The van der Waals surface area contributed by atoms with E-state index in [0.717, 1.165) is 10.8 Å². The molecular formula is C15H15FN2O5Si. The summed E-state index contributed by atoms with van der Waals surface area (Å²) in [5, 5.41) is 0. The van der Waals surface area contributed by atoms with Crippen LogP contribution in [0.4, 0.5) is 4.39 Å². The highest BCUT2D eigenvalue weighted by Gasteiger charge is 2.34. The van der Waals surface area contributed by atoms with Crippen LogP contribution in [-0.2, 0) is 4.74 Å². The molecule has 1 aliphatic heterocycles. The highest BCUT2D eigenvalue weighted by molar-refractivity contribution is 6.70. The number of fused-ring (bicyclic) bond motifs is 1. The first kappa shape index (κ1) is 16.2. The van der Waals surface area contributed by atoms with Gasteiger partial charge in [-0.05, 0) is 37.8 Å². The number of hydrogen-bond donors (Lipinski definition) is 1. The van der Waals surface area contributed by atoms with Gasteiger partial charge in [0.05, 0.1) is 11.8 Å². The number of rotatable bonds is 3. The zero-order valence-electron chi connectivity index (χ0n) is 13.3. The summed E-state index contributed by atoms with van der Waals surface area (Å²) >= 11 is 0. The van der Waals surface area contributed by atoms with E-state index in [1.807, 2.05) is 24.6 Å². The molecule has 0 saturated heterocycles. The van der Waals surface area contributed by atoms with E-state index < -0.39 is 37.6 Å². The number of benzene rings is 1. The predicted molar refractivity (Wildman–Crippen MR) is 85.3 cm³/mol. The highest BCUT2D eigenvalue weighted by Crippen LogP contribution is 2.34. The Labute approximate surface area is 136 Å². The van der Waals surface area contributed by atoms with Crippen molar-refractivity contribution in [2.75, 3.05) is 0 Å². The van der Waals surface area contributed by atoms with Crippen LogP contribution in [0.15, 0.2) is 34.0 Å². The van der Waals surface area contributed by atoms with E-state index in [9.17, 15) is 18.8 Å². The van der Waals surface area contributed by atoms with E-state index in [0.29, 0.717) is 11.3 Å². The van der Waals surface area contributed by atoms with Crippen molar-refractivity contribution in [1.29, 1.82) is 0 Å². The van der Waals surface area contributed by atoms with Crippen molar-refractivity contribution < 1.29 is 18.3 Å². The molecule has 0 radical (unpaired) electrons. The Morgan fingerprint density at radius 2 is 1.96 bits per heavy atom. The second kappa shape index (κ2) is 5.44. The van der Waals surface area contributed by atoms with E-state index in [1.165, 1.54) is 0 Å². The SMILES string of the molecule is C[Si](C)(C)Oc1ccc2c(c1)C(n1cc(F)c(=O)[nH]c1=O)OC2=O. The number of halogens is 1. The summed E-state index contributed by atoms with van der Waals surface area (Å²) in [6.45, 7) is 6.00.